The summed E-state index contributed by atoms with van der Waals surface area (Å²) in [6, 6.07) is 5.97. The second-order valence-corrected chi connectivity index (χ2v) is 5.50. The van der Waals surface area contributed by atoms with Crippen molar-refractivity contribution in [1.82, 2.24) is 0 Å². The highest BCUT2D eigenvalue weighted by Crippen LogP contribution is 2.40. The van der Waals surface area contributed by atoms with Crippen LogP contribution in [-0.4, -0.2) is 11.6 Å². The molecule has 2 rings (SSSR count). The van der Waals surface area contributed by atoms with Crippen molar-refractivity contribution in [2.24, 2.45) is 0 Å². The van der Waals surface area contributed by atoms with Gasteiger partial charge in [0, 0.05) is 5.54 Å². The molecule has 1 aromatic rings. The van der Waals surface area contributed by atoms with Crippen LogP contribution >= 0.6 is 0 Å². The van der Waals surface area contributed by atoms with Crippen molar-refractivity contribution in [1.29, 1.82) is 0 Å². The normalized spacial score (nSPS) is 17.3. The first-order valence-corrected chi connectivity index (χ1v) is 6.89. The van der Waals surface area contributed by atoms with Crippen LogP contribution in [0.15, 0.2) is 18.2 Å². The maximum Gasteiger partial charge on any atom is 0.144 e. The van der Waals surface area contributed by atoms with Crippen LogP contribution in [0, 0.1) is 0 Å². The highest BCUT2D eigenvalue weighted by Gasteiger charge is 2.35. The van der Waals surface area contributed by atoms with E-state index in [1.54, 1.807) is 0 Å². The van der Waals surface area contributed by atoms with Gasteiger partial charge in [-0.2, -0.15) is 0 Å². The summed E-state index contributed by atoms with van der Waals surface area (Å²) >= 11 is 0. The SMILES string of the molecule is CCC1(Nc2cccc(OC(C)C)c2N)CCC1. The minimum absolute atomic E-state index is 0.145. The summed E-state index contributed by atoms with van der Waals surface area (Å²) in [4.78, 5) is 0. The molecule has 0 spiro atoms. The molecule has 100 valence electrons. The number of benzene rings is 1. The van der Waals surface area contributed by atoms with E-state index in [1.807, 2.05) is 32.0 Å². The first kappa shape index (κ1) is 13.1. The molecule has 1 saturated carbocycles. The lowest BCUT2D eigenvalue weighted by Gasteiger charge is -2.43. The number of rotatable bonds is 5. The molecule has 1 fully saturated rings. The molecule has 0 aliphatic heterocycles. The van der Waals surface area contributed by atoms with E-state index in [-0.39, 0.29) is 11.6 Å². The molecule has 3 nitrogen and oxygen atoms in total. The smallest absolute Gasteiger partial charge is 0.144 e. The topological polar surface area (TPSA) is 47.3 Å². The Kier molecular flexibility index (Phi) is 3.69. The van der Waals surface area contributed by atoms with E-state index < -0.39 is 0 Å². The standard InChI is InChI=1S/C15H24N2O/c1-4-15(9-6-10-15)17-12-7-5-8-13(14(12)16)18-11(2)3/h5,7-8,11,17H,4,6,9-10,16H2,1-3H3. The second kappa shape index (κ2) is 5.09. The van der Waals surface area contributed by atoms with Gasteiger partial charge in [-0.3, -0.25) is 0 Å². The molecule has 3 heteroatoms. The molecular weight excluding hydrogens is 224 g/mol. The Morgan fingerprint density at radius 2 is 2.11 bits per heavy atom. The number of para-hydroxylation sites is 1. The van der Waals surface area contributed by atoms with Gasteiger partial charge in [0.1, 0.15) is 5.75 Å². The van der Waals surface area contributed by atoms with E-state index in [4.69, 9.17) is 10.5 Å². The lowest BCUT2D eigenvalue weighted by atomic mass is 9.74. The van der Waals surface area contributed by atoms with Crippen LogP contribution < -0.4 is 15.8 Å². The quantitative estimate of drug-likeness (QED) is 0.779. The summed E-state index contributed by atoms with van der Waals surface area (Å²) < 4.78 is 5.72. The van der Waals surface area contributed by atoms with Gasteiger partial charge in [-0.15, -0.1) is 0 Å². The number of ether oxygens (including phenoxy) is 1. The summed E-state index contributed by atoms with van der Waals surface area (Å²) in [6.45, 7) is 6.26. The lowest BCUT2D eigenvalue weighted by Crippen LogP contribution is -2.44. The fraction of sp³-hybridized carbons (Fsp3) is 0.600. The zero-order valence-electron chi connectivity index (χ0n) is 11.6. The first-order valence-electron chi connectivity index (χ1n) is 6.89. The molecule has 0 saturated heterocycles. The summed E-state index contributed by atoms with van der Waals surface area (Å²) in [5, 5.41) is 3.62. The predicted octanol–water partition coefficient (Wildman–Crippen LogP) is 3.80. The largest absolute Gasteiger partial charge is 0.489 e. The van der Waals surface area contributed by atoms with Gasteiger partial charge in [0.25, 0.3) is 0 Å². The van der Waals surface area contributed by atoms with Crippen LogP contribution in [0.25, 0.3) is 0 Å². The van der Waals surface area contributed by atoms with Crippen molar-refractivity contribution >= 4 is 11.4 Å². The molecule has 0 radical (unpaired) electrons. The van der Waals surface area contributed by atoms with Crippen LogP contribution in [0.4, 0.5) is 11.4 Å². The molecule has 1 aliphatic carbocycles. The van der Waals surface area contributed by atoms with E-state index in [9.17, 15) is 0 Å². The maximum atomic E-state index is 6.18. The lowest BCUT2D eigenvalue weighted by molar-refractivity contribution is 0.243. The molecule has 3 N–H and O–H groups in total. The molecule has 18 heavy (non-hydrogen) atoms. The van der Waals surface area contributed by atoms with E-state index in [0.717, 1.165) is 23.5 Å². The van der Waals surface area contributed by atoms with Gasteiger partial charge >= 0.3 is 0 Å². The van der Waals surface area contributed by atoms with Crippen LogP contribution in [0.3, 0.4) is 0 Å². The van der Waals surface area contributed by atoms with E-state index in [2.05, 4.69) is 12.2 Å². The number of hydrogen-bond donors (Lipinski definition) is 2. The van der Waals surface area contributed by atoms with E-state index in [0.29, 0.717) is 0 Å². The number of anilines is 2. The maximum absolute atomic E-state index is 6.18. The Hall–Kier alpha value is -1.38. The van der Waals surface area contributed by atoms with Crippen LogP contribution in [-0.2, 0) is 0 Å². The van der Waals surface area contributed by atoms with Crippen LogP contribution in [0.5, 0.6) is 5.75 Å². The molecule has 0 bridgehead atoms. The van der Waals surface area contributed by atoms with Crippen LogP contribution in [0.2, 0.25) is 0 Å². The molecule has 0 atom stereocenters. The molecule has 0 amide bonds. The second-order valence-electron chi connectivity index (χ2n) is 5.50. The average Bonchev–Trinajstić information content (AvgIpc) is 2.27. The highest BCUT2D eigenvalue weighted by molar-refractivity contribution is 5.73. The zero-order chi connectivity index (χ0) is 13.2. The van der Waals surface area contributed by atoms with E-state index in [1.165, 1.54) is 19.3 Å². The third-order valence-corrected chi connectivity index (χ3v) is 3.82. The fourth-order valence-corrected chi connectivity index (χ4v) is 2.47. The first-order chi connectivity index (χ1) is 8.56. The summed E-state index contributed by atoms with van der Waals surface area (Å²) in [6.07, 6.45) is 5.06. The fourth-order valence-electron chi connectivity index (χ4n) is 2.47. The Bertz CT molecular complexity index is 405. The summed E-state index contributed by atoms with van der Waals surface area (Å²) in [5.74, 6) is 0.778. The third-order valence-electron chi connectivity index (χ3n) is 3.82. The monoisotopic (exact) mass is 248 g/mol. The average molecular weight is 248 g/mol. The van der Waals surface area contributed by atoms with Gasteiger partial charge in [-0.05, 0) is 51.7 Å². The minimum atomic E-state index is 0.145. The zero-order valence-corrected chi connectivity index (χ0v) is 11.6. The van der Waals surface area contributed by atoms with Gasteiger partial charge in [0.15, 0.2) is 0 Å². The van der Waals surface area contributed by atoms with Crippen molar-refractivity contribution in [3.8, 4) is 5.75 Å². The van der Waals surface area contributed by atoms with Gasteiger partial charge in [0.05, 0.1) is 17.5 Å². The van der Waals surface area contributed by atoms with Gasteiger partial charge in [0.2, 0.25) is 0 Å². The highest BCUT2D eigenvalue weighted by atomic mass is 16.5. The van der Waals surface area contributed by atoms with Crippen molar-refractivity contribution < 1.29 is 4.74 Å². The summed E-state index contributed by atoms with van der Waals surface area (Å²) in [7, 11) is 0. The summed E-state index contributed by atoms with van der Waals surface area (Å²) in [5.41, 5.74) is 8.18. The molecule has 1 aromatic carbocycles. The number of nitrogens with one attached hydrogen (secondary N) is 1. The van der Waals surface area contributed by atoms with Gasteiger partial charge in [-0.1, -0.05) is 13.0 Å². The Morgan fingerprint density at radius 1 is 1.39 bits per heavy atom. The molecule has 0 heterocycles. The van der Waals surface area contributed by atoms with Crippen molar-refractivity contribution in [3.05, 3.63) is 18.2 Å². The predicted molar refractivity (Wildman–Crippen MR) is 77.1 cm³/mol. The van der Waals surface area contributed by atoms with Gasteiger partial charge in [-0.25, -0.2) is 0 Å². The Labute approximate surface area is 110 Å². The van der Waals surface area contributed by atoms with Crippen molar-refractivity contribution in [2.75, 3.05) is 11.1 Å². The molecule has 1 aliphatic rings. The number of nitrogen functional groups attached to an aromatic ring is 1. The molecule has 0 aromatic heterocycles. The Balaban J connectivity index is 2.18. The Morgan fingerprint density at radius 3 is 2.61 bits per heavy atom. The van der Waals surface area contributed by atoms with E-state index >= 15 is 0 Å². The van der Waals surface area contributed by atoms with Crippen molar-refractivity contribution in [2.45, 2.75) is 58.1 Å². The molecular formula is C15H24N2O. The third kappa shape index (κ3) is 2.55. The number of nitrogens with two attached hydrogens (primary N) is 1. The van der Waals surface area contributed by atoms with Crippen molar-refractivity contribution in [3.63, 3.8) is 0 Å². The van der Waals surface area contributed by atoms with Gasteiger partial charge < -0.3 is 15.8 Å². The molecule has 0 unspecified atom stereocenters. The number of hydrogen-bond acceptors (Lipinski definition) is 3. The minimum Gasteiger partial charge on any atom is -0.489 e. The van der Waals surface area contributed by atoms with Crippen LogP contribution in [0.1, 0.15) is 46.5 Å².